The third-order valence-corrected chi connectivity index (χ3v) is 13.2. The van der Waals surface area contributed by atoms with Crippen LogP contribution in [0.2, 0.25) is 0 Å². The monoisotopic (exact) mass is 770 g/mol. The first-order valence-electron chi connectivity index (χ1n) is 18.9. The smallest absolute Gasteiger partial charge is 0.329 e. The number of ether oxygens (including phenoxy) is 1. The van der Waals surface area contributed by atoms with Gasteiger partial charge in [0.25, 0.3) is 0 Å². The van der Waals surface area contributed by atoms with Crippen LogP contribution in [0.3, 0.4) is 0 Å². The van der Waals surface area contributed by atoms with E-state index < -0.39 is 23.3 Å². The molecule has 4 aliphatic rings. The number of thiophene rings is 1. The van der Waals surface area contributed by atoms with Crippen molar-refractivity contribution in [2.45, 2.75) is 89.5 Å². The van der Waals surface area contributed by atoms with Gasteiger partial charge in [-0.25, -0.2) is 27.9 Å². The van der Waals surface area contributed by atoms with Crippen LogP contribution in [-0.4, -0.2) is 96.9 Å². The predicted molar refractivity (Wildman–Crippen MR) is 203 cm³/mol. The fourth-order valence-corrected chi connectivity index (χ4v) is 10.5. The van der Waals surface area contributed by atoms with Gasteiger partial charge in [0.1, 0.15) is 52.5 Å². The summed E-state index contributed by atoms with van der Waals surface area (Å²) < 4.78 is 55.4. The number of nitrogens with two attached hydrogens (primary N) is 1. The number of carbonyl (C=O) groups is 1. The van der Waals surface area contributed by atoms with E-state index in [-0.39, 0.29) is 68.2 Å². The second-order valence-electron chi connectivity index (χ2n) is 15.4. The molecule has 8 heterocycles. The van der Waals surface area contributed by atoms with Crippen molar-refractivity contribution >= 4 is 49.2 Å². The number of hydrogen-bond donors (Lipinski definition) is 1. The fourth-order valence-electron chi connectivity index (χ4n) is 9.55. The Kier molecular flexibility index (Phi) is 8.65. The molecule has 4 aliphatic heterocycles. The second kappa shape index (κ2) is 13.3. The molecule has 0 bridgehead atoms. The van der Waals surface area contributed by atoms with Gasteiger partial charge in [-0.1, -0.05) is 0 Å². The number of rotatable bonds is 5. The number of likely N-dealkylation sites (tertiary alicyclic amines) is 1. The number of halogens is 3. The number of imidazole rings is 1. The number of fused-ring (bicyclic) bond motifs is 2. The van der Waals surface area contributed by atoms with Crippen LogP contribution in [0.4, 0.5) is 28.8 Å². The Hall–Kier alpha value is -5.01. The maximum Gasteiger partial charge on any atom is 0.329 e. The first-order chi connectivity index (χ1) is 26.5. The topological polar surface area (TPSA) is 142 Å². The molecular formula is C39H41F3N10O2S. The number of alkyl halides is 1. The van der Waals surface area contributed by atoms with E-state index in [4.69, 9.17) is 25.4 Å². The highest BCUT2D eigenvalue weighted by Crippen LogP contribution is 2.45. The summed E-state index contributed by atoms with van der Waals surface area (Å²) in [4.78, 5) is 39.1. The largest absolute Gasteiger partial charge is 0.461 e. The Morgan fingerprint density at radius 2 is 1.95 bits per heavy atom. The molecule has 12 nitrogen and oxygen atoms in total. The molecule has 55 heavy (non-hydrogen) atoms. The van der Waals surface area contributed by atoms with Gasteiger partial charge in [0.15, 0.2) is 5.82 Å². The SMILES string of the molecule is Cc1cn(C(=O)N2CC[C@@H](N3CCCCc4nc(-c5ccc(F)c6sc(N)c(C#N)c56)c(F)c5nc(OC[C@@]67CCCN6C[C@H](F)C7)nc3c45)[C@H]2C)c(C)n1. The molecule has 1 aromatic carbocycles. The lowest BCUT2D eigenvalue weighted by Crippen LogP contribution is -2.47. The number of pyridine rings is 1. The number of benzene rings is 1. The van der Waals surface area contributed by atoms with Crippen LogP contribution in [0.5, 0.6) is 6.01 Å². The number of carbonyl (C=O) groups excluding carboxylic acids is 1. The van der Waals surface area contributed by atoms with Crippen LogP contribution >= 0.6 is 11.3 Å². The molecule has 16 heteroatoms. The second-order valence-corrected chi connectivity index (χ2v) is 16.5. The van der Waals surface area contributed by atoms with Crippen molar-refractivity contribution in [3.05, 3.63) is 52.7 Å². The average Bonchev–Trinajstić information content (AvgIpc) is 3.95. The molecule has 0 radical (unpaired) electrons. The summed E-state index contributed by atoms with van der Waals surface area (Å²) in [5.41, 5.74) is 7.21. The fraction of sp³-hybridized carbons (Fsp3) is 0.487. The number of nitrogens with zero attached hydrogens (tertiary/aromatic N) is 9. The van der Waals surface area contributed by atoms with Crippen LogP contribution in [0.25, 0.3) is 32.2 Å². The zero-order valence-corrected chi connectivity index (χ0v) is 31.7. The summed E-state index contributed by atoms with van der Waals surface area (Å²) >= 11 is 0.937. The first kappa shape index (κ1) is 35.7. The molecule has 4 atom stereocenters. The van der Waals surface area contributed by atoms with Gasteiger partial charge in [-0.2, -0.15) is 15.2 Å². The average molecular weight is 771 g/mol. The molecule has 2 N–H and O–H groups in total. The van der Waals surface area contributed by atoms with Gasteiger partial charge in [0.2, 0.25) is 0 Å². The summed E-state index contributed by atoms with van der Waals surface area (Å²) in [6.45, 7) is 8.06. The molecule has 4 aromatic heterocycles. The molecule has 3 fully saturated rings. The normalized spacial score (nSPS) is 24.1. The summed E-state index contributed by atoms with van der Waals surface area (Å²) in [7, 11) is 0. The maximum absolute atomic E-state index is 17.4. The minimum atomic E-state index is -0.958. The molecule has 286 valence electrons. The standard InChI is InChI=1S/C39H41F3N10O2S/c1-20-17-52(22(3)45-20)38(53)50-14-10-28(21(50)2)51-13-5-4-7-27-30-33(47-37(48-36(30)51)54-19-39-11-6-12-49(39)18-23(40)15-39)31(42)32(46-27)24-8-9-26(41)34-29(24)25(16-43)35(44)55-34/h8-9,17,21,23,28H,4-7,10-15,18-19,44H2,1-3H3/t21-,23-,28-,39+/m1/s1. The molecule has 9 rings (SSSR count). The number of nitriles is 1. The van der Waals surface area contributed by atoms with Crippen molar-refractivity contribution in [2.75, 3.05) is 43.4 Å². The number of hydrogen-bond acceptors (Lipinski definition) is 11. The van der Waals surface area contributed by atoms with E-state index >= 15 is 8.78 Å². The van der Waals surface area contributed by atoms with Gasteiger partial charge >= 0.3 is 12.0 Å². The summed E-state index contributed by atoms with van der Waals surface area (Å²) in [5.74, 6) is -0.252. The van der Waals surface area contributed by atoms with Crippen molar-refractivity contribution in [3.8, 4) is 23.3 Å². The van der Waals surface area contributed by atoms with Crippen LogP contribution in [-0.2, 0) is 6.42 Å². The number of nitrogen functional groups attached to an aromatic ring is 1. The Morgan fingerprint density at radius 1 is 1.11 bits per heavy atom. The van der Waals surface area contributed by atoms with Gasteiger partial charge in [-0.3, -0.25) is 9.47 Å². The van der Waals surface area contributed by atoms with Crippen LogP contribution < -0.4 is 15.4 Å². The van der Waals surface area contributed by atoms with Gasteiger partial charge in [-0.15, -0.1) is 11.3 Å². The quantitative estimate of drug-likeness (QED) is 0.206. The molecule has 1 amide bonds. The Morgan fingerprint density at radius 3 is 2.73 bits per heavy atom. The zero-order chi connectivity index (χ0) is 38.3. The van der Waals surface area contributed by atoms with Crippen molar-refractivity contribution < 1.29 is 22.7 Å². The first-order valence-corrected chi connectivity index (χ1v) is 19.7. The van der Waals surface area contributed by atoms with Crippen molar-refractivity contribution in [1.29, 1.82) is 5.26 Å². The number of anilines is 2. The maximum atomic E-state index is 17.4. The Bertz CT molecular complexity index is 2430. The Balaban J connectivity index is 1.19. The van der Waals surface area contributed by atoms with E-state index in [1.54, 1.807) is 10.8 Å². The number of aryl methyl sites for hydroxylation is 3. The van der Waals surface area contributed by atoms with E-state index in [9.17, 15) is 14.4 Å². The molecule has 0 spiro atoms. The van der Waals surface area contributed by atoms with E-state index in [1.165, 1.54) is 12.1 Å². The minimum Gasteiger partial charge on any atom is -0.461 e. The zero-order valence-electron chi connectivity index (χ0n) is 30.9. The van der Waals surface area contributed by atoms with Crippen LogP contribution in [0.15, 0.2) is 18.3 Å². The highest BCUT2D eigenvalue weighted by Gasteiger charge is 2.49. The Labute approximate surface area is 319 Å². The molecule has 0 unspecified atom stereocenters. The van der Waals surface area contributed by atoms with E-state index in [0.717, 1.165) is 49.3 Å². The molecule has 5 aromatic rings. The van der Waals surface area contributed by atoms with Crippen molar-refractivity contribution in [1.82, 2.24) is 34.3 Å². The molecular weight excluding hydrogens is 730 g/mol. The highest BCUT2D eigenvalue weighted by atomic mass is 32.1. The number of amides is 1. The summed E-state index contributed by atoms with van der Waals surface area (Å²) in [6, 6.07) is 4.12. The van der Waals surface area contributed by atoms with E-state index in [0.29, 0.717) is 61.6 Å². The van der Waals surface area contributed by atoms with E-state index in [1.807, 2.05) is 25.7 Å². The van der Waals surface area contributed by atoms with E-state index in [2.05, 4.69) is 20.9 Å². The minimum absolute atomic E-state index is 0.00949. The number of aromatic nitrogens is 5. The third-order valence-electron chi connectivity index (χ3n) is 12.1. The lowest BCUT2D eigenvalue weighted by atomic mass is 9.95. The lowest BCUT2D eigenvalue weighted by Gasteiger charge is -2.36. The lowest BCUT2D eigenvalue weighted by molar-refractivity contribution is 0.107. The van der Waals surface area contributed by atoms with Crippen molar-refractivity contribution in [2.24, 2.45) is 0 Å². The molecule has 3 saturated heterocycles. The van der Waals surface area contributed by atoms with Gasteiger partial charge < -0.3 is 20.3 Å². The van der Waals surface area contributed by atoms with Crippen LogP contribution in [0, 0.1) is 36.8 Å². The third kappa shape index (κ3) is 5.68. The van der Waals surface area contributed by atoms with Crippen molar-refractivity contribution in [3.63, 3.8) is 0 Å². The summed E-state index contributed by atoms with van der Waals surface area (Å²) in [6.07, 6.45) is 5.47. The van der Waals surface area contributed by atoms with Gasteiger partial charge in [0, 0.05) is 43.2 Å². The van der Waals surface area contributed by atoms with Gasteiger partial charge in [-0.05, 0) is 78.0 Å². The van der Waals surface area contributed by atoms with Crippen LogP contribution in [0.1, 0.15) is 68.2 Å². The van der Waals surface area contributed by atoms with Gasteiger partial charge in [0.05, 0.1) is 44.7 Å². The molecule has 0 aliphatic carbocycles. The summed E-state index contributed by atoms with van der Waals surface area (Å²) in [5, 5.41) is 10.8. The highest BCUT2D eigenvalue weighted by molar-refractivity contribution is 7.23. The predicted octanol–water partition coefficient (Wildman–Crippen LogP) is 6.68. The molecule has 0 saturated carbocycles.